The third-order valence-corrected chi connectivity index (χ3v) is 4.04. The van der Waals surface area contributed by atoms with Gasteiger partial charge < -0.3 is 14.8 Å². The van der Waals surface area contributed by atoms with Crippen molar-refractivity contribution in [2.45, 2.75) is 0 Å². The zero-order valence-electron chi connectivity index (χ0n) is 10.1. The first-order valence-corrected chi connectivity index (χ1v) is 6.49. The first-order valence-electron chi connectivity index (χ1n) is 5.67. The number of aromatic nitrogens is 1. The van der Waals surface area contributed by atoms with Crippen molar-refractivity contribution in [3.63, 3.8) is 0 Å². The van der Waals surface area contributed by atoms with Crippen molar-refractivity contribution in [1.82, 2.24) is 4.98 Å². The number of aromatic amines is 1. The summed E-state index contributed by atoms with van der Waals surface area (Å²) in [5, 5.41) is 8.91. The second-order valence-corrected chi connectivity index (χ2v) is 5.19. The molecular formula is C14H11NO3S. The molecular weight excluding hydrogens is 262 g/mol. The van der Waals surface area contributed by atoms with Gasteiger partial charge in [0, 0.05) is 4.88 Å². The molecule has 0 radical (unpaired) electrons. The summed E-state index contributed by atoms with van der Waals surface area (Å²) < 4.78 is 6.07. The summed E-state index contributed by atoms with van der Waals surface area (Å²) in [5.74, 6) is -0.117. The average Bonchev–Trinajstić information content (AvgIpc) is 2.97. The summed E-state index contributed by atoms with van der Waals surface area (Å²) in [6.45, 7) is 0. The zero-order chi connectivity index (χ0) is 13.4. The van der Waals surface area contributed by atoms with Gasteiger partial charge in [0.1, 0.15) is 11.4 Å². The monoisotopic (exact) mass is 273 g/mol. The van der Waals surface area contributed by atoms with E-state index in [1.165, 1.54) is 0 Å². The zero-order valence-corrected chi connectivity index (χ0v) is 11.0. The van der Waals surface area contributed by atoms with Crippen LogP contribution in [0, 0.1) is 0 Å². The van der Waals surface area contributed by atoms with Gasteiger partial charge in [0.25, 0.3) is 0 Å². The lowest BCUT2D eigenvalue weighted by Gasteiger charge is -2.00. The minimum absolute atomic E-state index is 0.225. The van der Waals surface area contributed by atoms with Gasteiger partial charge in [-0.3, -0.25) is 0 Å². The maximum absolute atomic E-state index is 10.9. The number of benzene rings is 1. The topological polar surface area (TPSA) is 62.3 Å². The molecule has 2 N–H and O–H groups in total. The Morgan fingerprint density at radius 2 is 2.00 bits per heavy atom. The van der Waals surface area contributed by atoms with Gasteiger partial charge in [-0.2, -0.15) is 0 Å². The van der Waals surface area contributed by atoms with E-state index in [2.05, 4.69) is 4.98 Å². The van der Waals surface area contributed by atoms with E-state index in [4.69, 9.17) is 9.84 Å². The predicted molar refractivity (Wildman–Crippen MR) is 75.1 cm³/mol. The Balaban J connectivity index is 2.00. The second-order valence-electron chi connectivity index (χ2n) is 4.11. The lowest BCUT2D eigenvalue weighted by molar-refractivity contribution is 0.0691. The summed E-state index contributed by atoms with van der Waals surface area (Å²) >= 11 is 1.57. The van der Waals surface area contributed by atoms with Gasteiger partial charge in [-0.15, -0.1) is 11.3 Å². The summed E-state index contributed by atoms with van der Waals surface area (Å²) in [5.41, 5.74) is 2.17. The van der Waals surface area contributed by atoms with Crippen LogP contribution in [0.2, 0.25) is 0 Å². The van der Waals surface area contributed by atoms with Crippen molar-refractivity contribution in [3.05, 3.63) is 42.1 Å². The van der Waals surface area contributed by atoms with Crippen LogP contribution in [0.3, 0.4) is 0 Å². The molecule has 1 aromatic carbocycles. The molecule has 0 aliphatic carbocycles. The van der Waals surface area contributed by atoms with Crippen molar-refractivity contribution in [2.24, 2.45) is 0 Å². The lowest BCUT2D eigenvalue weighted by atomic mass is 10.2. The number of H-pyrrole nitrogens is 1. The molecule has 0 saturated heterocycles. The van der Waals surface area contributed by atoms with Crippen LogP contribution in [0.15, 0.2) is 36.4 Å². The number of methoxy groups -OCH3 is 1. The molecule has 0 atom stereocenters. The number of hydrogen-bond donors (Lipinski definition) is 2. The van der Waals surface area contributed by atoms with Crippen molar-refractivity contribution >= 4 is 27.5 Å². The van der Waals surface area contributed by atoms with Gasteiger partial charge in [0.15, 0.2) is 0 Å². The van der Waals surface area contributed by atoms with E-state index in [1.54, 1.807) is 24.5 Å². The largest absolute Gasteiger partial charge is 0.497 e. The molecule has 0 spiro atoms. The molecule has 3 aromatic rings. The fraction of sp³-hybridized carbons (Fsp3) is 0.0714. The number of carboxylic acids is 1. The van der Waals surface area contributed by atoms with Crippen molar-refractivity contribution in [3.8, 4) is 16.2 Å². The number of nitrogens with one attached hydrogen (secondary N) is 1. The minimum Gasteiger partial charge on any atom is -0.497 e. The summed E-state index contributed by atoms with van der Waals surface area (Å²) in [6.07, 6.45) is 0. The Kier molecular flexibility index (Phi) is 2.76. The van der Waals surface area contributed by atoms with Crippen LogP contribution in [0.25, 0.3) is 20.7 Å². The Morgan fingerprint density at radius 1 is 1.26 bits per heavy atom. The lowest BCUT2D eigenvalue weighted by Crippen LogP contribution is -1.94. The molecule has 0 fully saturated rings. The Bertz CT molecular complexity index is 708. The van der Waals surface area contributed by atoms with Crippen LogP contribution < -0.4 is 4.74 Å². The molecule has 5 heteroatoms. The number of ether oxygens (including phenoxy) is 1. The molecule has 0 aliphatic rings. The summed E-state index contributed by atoms with van der Waals surface area (Å²) in [7, 11) is 1.64. The van der Waals surface area contributed by atoms with Gasteiger partial charge >= 0.3 is 5.97 Å². The predicted octanol–water partition coefficient (Wildman–Crippen LogP) is 3.60. The number of thiophene rings is 1. The Morgan fingerprint density at radius 3 is 2.58 bits per heavy atom. The smallest absolute Gasteiger partial charge is 0.352 e. The van der Waals surface area contributed by atoms with Gasteiger partial charge in [-0.05, 0) is 42.0 Å². The molecule has 2 aromatic heterocycles. The van der Waals surface area contributed by atoms with Crippen molar-refractivity contribution in [1.29, 1.82) is 0 Å². The quantitative estimate of drug-likeness (QED) is 0.766. The van der Waals surface area contributed by atoms with Gasteiger partial charge in [0.2, 0.25) is 0 Å². The fourth-order valence-electron chi connectivity index (χ4n) is 1.94. The van der Waals surface area contributed by atoms with Crippen LogP contribution >= 0.6 is 11.3 Å². The van der Waals surface area contributed by atoms with Gasteiger partial charge in [-0.25, -0.2) is 4.79 Å². The van der Waals surface area contributed by atoms with E-state index < -0.39 is 5.97 Å². The molecule has 2 heterocycles. The maximum atomic E-state index is 10.9. The van der Waals surface area contributed by atoms with E-state index in [0.717, 1.165) is 26.4 Å². The SMILES string of the molecule is COc1ccc(-c2cc3[nH]c(C(=O)O)cc3s2)cc1. The van der Waals surface area contributed by atoms with E-state index in [-0.39, 0.29) is 5.69 Å². The highest BCUT2D eigenvalue weighted by Gasteiger charge is 2.11. The third-order valence-electron chi connectivity index (χ3n) is 2.91. The summed E-state index contributed by atoms with van der Waals surface area (Å²) in [6, 6.07) is 11.4. The van der Waals surface area contributed by atoms with Crippen LogP contribution in [0.5, 0.6) is 5.75 Å². The number of rotatable bonds is 3. The molecule has 0 bridgehead atoms. The van der Waals surface area contributed by atoms with E-state index in [0.29, 0.717) is 0 Å². The molecule has 0 aliphatic heterocycles. The van der Waals surface area contributed by atoms with E-state index >= 15 is 0 Å². The van der Waals surface area contributed by atoms with Crippen molar-refractivity contribution in [2.75, 3.05) is 7.11 Å². The van der Waals surface area contributed by atoms with Crippen LogP contribution in [0.4, 0.5) is 0 Å². The van der Waals surface area contributed by atoms with Gasteiger partial charge in [-0.1, -0.05) is 0 Å². The number of fused-ring (bicyclic) bond motifs is 1. The summed E-state index contributed by atoms with van der Waals surface area (Å²) in [4.78, 5) is 14.8. The number of aromatic carboxylic acids is 1. The normalized spacial score (nSPS) is 10.8. The standard InChI is InChI=1S/C14H11NO3S/c1-18-9-4-2-8(3-5-9)12-6-10-13(19-12)7-11(15-10)14(16)17/h2-7,15H,1H3,(H,16,17). The Labute approximate surface area is 113 Å². The highest BCUT2D eigenvalue weighted by molar-refractivity contribution is 7.22. The first-order chi connectivity index (χ1) is 9.17. The van der Waals surface area contributed by atoms with E-state index in [9.17, 15) is 4.79 Å². The highest BCUT2D eigenvalue weighted by Crippen LogP contribution is 2.34. The fourth-order valence-corrected chi connectivity index (χ4v) is 3.00. The van der Waals surface area contributed by atoms with Gasteiger partial charge in [0.05, 0.1) is 17.3 Å². The second kappa shape index (κ2) is 4.44. The first kappa shape index (κ1) is 11.8. The molecule has 4 nitrogen and oxygen atoms in total. The molecule has 0 amide bonds. The molecule has 19 heavy (non-hydrogen) atoms. The number of carbonyl (C=O) groups is 1. The maximum Gasteiger partial charge on any atom is 0.352 e. The number of carboxylic acid groups (broad SMARTS) is 1. The number of hydrogen-bond acceptors (Lipinski definition) is 3. The molecule has 96 valence electrons. The van der Waals surface area contributed by atoms with Crippen LogP contribution in [0.1, 0.15) is 10.5 Å². The highest BCUT2D eigenvalue weighted by atomic mass is 32.1. The molecule has 3 rings (SSSR count). The Hall–Kier alpha value is -2.27. The third kappa shape index (κ3) is 2.08. The van der Waals surface area contributed by atoms with Crippen molar-refractivity contribution < 1.29 is 14.6 Å². The molecule has 0 saturated carbocycles. The van der Waals surface area contributed by atoms with Crippen LogP contribution in [-0.4, -0.2) is 23.2 Å². The molecule has 0 unspecified atom stereocenters. The average molecular weight is 273 g/mol. The van der Waals surface area contributed by atoms with Crippen LogP contribution in [-0.2, 0) is 0 Å². The minimum atomic E-state index is -0.936. The van der Waals surface area contributed by atoms with E-state index in [1.807, 2.05) is 30.3 Å².